The van der Waals surface area contributed by atoms with Crippen LogP contribution in [-0.4, -0.2) is 34.9 Å². The molecule has 1 spiro atoms. The minimum absolute atomic E-state index is 0.203. The SMILES string of the molecule is CC1c2cc3c(cc2C2(CCCC2)CN1Cc1nnc(C2CCC2)o1)OCCO3. The zero-order valence-corrected chi connectivity index (χ0v) is 17.2. The van der Waals surface area contributed by atoms with Crippen LogP contribution in [0.25, 0.3) is 0 Å². The van der Waals surface area contributed by atoms with Crippen molar-refractivity contribution in [1.29, 1.82) is 0 Å². The van der Waals surface area contributed by atoms with Crippen LogP contribution in [0.4, 0.5) is 0 Å². The Morgan fingerprint density at radius 3 is 2.52 bits per heavy atom. The van der Waals surface area contributed by atoms with E-state index in [1.54, 1.807) is 0 Å². The van der Waals surface area contributed by atoms with Crippen LogP contribution >= 0.6 is 0 Å². The molecule has 4 aliphatic rings. The van der Waals surface area contributed by atoms with Crippen LogP contribution in [0.2, 0.25) is 0 Å². The molecule has 29 heavy (non-hydrogen) atoms. The van der Waals surface area contributed by atoms with E-state index in [1.165, 1.54) is 56.1 Å². The molecule has 0 N–H and O–H groups in total. The summed E-state index contributed by atoms with van der Waals surface area (Å²) >= 11 is 0. The standard InChI is InChI=1S/C23H29N3O3/c1-15-17-11-19-20(28-10-9-27-19)12-18(17)23(7-2-3-8-23)14-26(15)13-21-24-25-22(29-21)16-5-4-6-16/h11-12,15-16H,2-10,13-14H2,1H3. The van der Waals surface area contributed by atoms with Crippen LogP contribution < -0.4 is 9.47 Å². The molecule has 0 saturated heterocycles. The molecule has 2 aliphatic heterocycles. The lowest BCUT2D eigenvalue weighted by Crippen LogP contribution is -2.45. The number of aromatic nitrogens is 2. The van der Waals surface area contributed by atoms with Crippen LogP contribution in [0.3, 0.4) is 0 Å². The average Bonchev–Trinajstić information content (AvgIpc) is 3.34. The highest BCUT2D eigenvalue weighted by molar-refractivity contribution is 5.53. The van der Waals surface area contributed by atoms with Crippen molar-refractivity contribution in [2.45, 2.75) is 75.8 Å². The van der Waals surface area contributed by atoms with Gasteiger partial charge in [0, 0.05) is 23.9 Å². The van der Waals surface area contributed by atoms with Crippen LogP contribution in [-0.2, 0) is 12.0 Å². The Balaban J connectivity index is 1.34. The zero-order chi connectivity index (χ0) is 19.4. The summed E-state index contributed by atoms with van der Waals surface area (Å²) in [6.45, 7) is 5.32. The van der Waals surface area contributed by atoms with Gasteiger partial charge in [0.15, 0.2) is 11.5 Å². The fraction of sp³-hybridized carbons (Fsp3) is 0.652. The molecule has 2 aliphatic carbocycles. The zero-order valence-electron chi connectivity index (χ0n) is 17.2. The molecule has 1 aromatic carbocycles. The molecule has 6 nitrogen and oxygen atoms in total. The number of nitrogens with zero attached hydrogens (tertiary/aromatic N) is 3. The molecule has 6 heteroatoms. The predicted octanol–water partition coefficient (Wildman–Crippen LogP) is 4.50. The molecule has 0 amide bonds. The normalized spacial score (nSPS) is 25.8. The van der Waals surface area contributed by atoms with E-state index < -0.39 is 0 Å². The lowest BCUT2D eigenvalue weighted by molar-refractivity contribution is 0.113. The van der Waals surface area contributed by atoms with Crippen molar-refractivity contribution in [1.82, 2.24) is 15.1 Å². The van der Waals surface area contributed by atoms with Crippen LogP contribution in [0.1, 0.15) is 86.7 Å². The van der Waals surface area contributed by atoms with Gasteiger partial charge in [-0.1, -0.05) is 19.3 Å². The van der Waals surface area contributed by atoms with Gasteiger partial charge in [-0.2, -0.15) is 0 Å². The van der Waals surface area contributed by atoms with Crippen molar-refractivity contribution in [3.8, 4) is 11.5 Å². The quantitative estimate of drug-likeness (QED) is 0.763. The van der Waals surface area contributed by atoms with Gasteiger partial charge in [0.1, 0.15) is 13.2 Å². The van der Waals surface area contributed by atoms with E-state index in [0.717, 1.165) is 36.4 Å². The summed E-state index contributed by atoms with van der Waals surface area (Å²) < 4.78 is 17.9. The van der Waals surface area contributed by atoms with Gasteiger partial charge >= 0.3 is 0 Å². The van der Waals surface area contributed by atoms with Gasteiger partial charge in [-0.05, 0) is 55.9 Å². The van der Waals surface area contributed by atoms with Crippen LogP contribution in [0.5, 0.6) is 11.5 Å². The minimum Gasteiger partial charge on any atom is -0.486 e. The molecule has 0 radical (unpaired) electrons. The Morgan fingerprint density at radius 1 is 1.03 bits per heavy atom. The summed E-state index contributed by atoms with van der Waals surface area (Å²) in [6.07, 6.45) is 8.71. The molecule has 3 heterocycles. The third-order valence-corrected chi connectivity index (χ3v) is 7.63. The second-order valence-corrected chi connectivity index (χ2v) is 9.31. The average molecular weight is 396 g/mol. The van der Waals surface area contributed by atoms with E-state index in [2.05, 4.69) is 34.2 Å². The summed E-state index contributed by atoms with van der Waals surface area (Å²) in [5.74, 6) is 3.89. The second-order valence-electron chi connectivity index (χ2n) is 9.31. The third kappa shape index (κ3) is 2.87. The van der Waals surface area contributed by atoms with Gasteiger partial charge in [-0.3, -0.25) is 4.90 Å². The molecule has 154 valence electrons. The number of rotatable bonds is 3. The van der Waals surface area contributed by atoms with Gasteiger partial charge in [-0.25, -0.2) is 0 Å². The second kappa shape index (κ2) is 6.73. The van der Waals surface area contributed by atoms with Crippen molar-refractivity contribution in [2.75, 3.05) is 19.8 Å². The van der Waals surface area contributed by atoms with E-state index in [0.29, 0.717) is 19.1 Å². The number of fused-ring (bicyclic) bond motifs is 3. The summed E-state index contributed by atoms with van der Waals surface area (Å²) in [6, 6.07) is 4.80. The Labute approximate surface area is 171 Å². The lowest BCUT2D eigenvalue weighted by atomic mass is 9.71. The van der Waals surface area contributed by atoms with Gasteiger partial charge in [-0.15, -0.1) is 10.2 Å². The lowest BCUT2D eigenvalue weighted by Gasteiger charge is -2.46. The first-order valence-corrected chi connectivity index (χ1v) is 11.2. The summed E-state index contributed by atoms with van der Waals surface area (Å²) in [4.78, 5) is 2.53. The highest BCUT2D eigenvalue weighted by Gasteiger charge is 2.45. The first-order chi connectivity index (χ1) is 14.2. The van der Waals surface area contributed by atoms with Crippen molar-refractivity contribution < 1.29 is 13.9 Å². The van der Waals surface area contributed by atoms with Gasteiger partial charge in [0.05, 0.1) is 6.54 Å². The monoisotopic (exact) mass is 395 g/mol. The van der Waals surface area contributed by atoms with E-state index in [4.69, 9.17) is 13.9 Å². The van der Waals surface area contributed by atoms with E-state index >= 15 is 0 Å². The predicted molar refractivity (Wildman–Crippen MR) is 107 cm³/mol. The van der Waals surface area contributed by atoms with Crippen LogP contribution in [0.15, 0.2) is 16.5 Å². The molecular weight excluding hydrogens is 366 g/mol. The highest BCUT2D eigenvalue weighted by atomic mass is 16.6. The van der Waals surface area contributed by atoms with Gasteiger partial charge in [0.2, 0.25) is 11.8 Å². The number of ether oxygens (including phenoxy) is 2. The van der Waals surface area contributed by atoms with Crippen molar-refractivity contribution in [2.24, 2.45) is 0 Å². The first kappa shape index (κ1) is 17.8. The first-order valence-electron chi connectivity index (χ1n) is 11.2. The largest absolute Gasteiger partial charge is 0.486 e. The van der Waals surface area contributed by atoms with Crippen LogP contribution in [0, 0.1) is 0 Å². The number of hydrogen-bond acceptors (Lipinski definition) is 6. The van der Waals surface area contributed by atoms with Gasteiger partial charge in [0.25, 0.3) is 0 Å². The third-order valence-electron chi connectivity index (χ3n) is 7.63. The molecule has 2 saturated carbocycles. The van der Waals surface area contributed by atoms with Crippen molar-refractivity contribution in [3.05, 3.63) is 35.0 Å². The minimum atomic E-state index is 0.203. The number of benzene rings is 1. The highest BCUT2D eigenvalue weighted by Crippen LogP contribution is 2.52. The Bertz CT molecular complexity index is 914. The molecule has 2 aromatic rings. The molecular formula is C23H29N3O3. The maximum atomic E-state index is 6.06. The van der Waals surface area contributed by atoms with Gasteiger partial charge < -0.3 is 13.9 Å². The van der Waals surface area contributed by atoms with E-state index in [9.17, 15) is 0 Å². The Morgan fingerprint density at radius 2 is 1.79 bits per heavy atom. The Kier molecular flexibility index (Phi) is 4.12. The smallest absolute Gasteiger partial charge is 0.230 e. The molecule has 1 atom stereocenters. The van der Waals surface area contributed by atoms with E-state index in [1.807, 2.05) is 0 Å². The Hall–Kier alpha value is -2.08. The fourth-order valence-electron chi connectivity index (χ4n) is 5.71. The number of hydrogen-bond donors (Lipinski definition) is 0. The molecule has 0 bridgehead atoms. The summed E-state index contributed by atoms with van der Waals surface area (Å²) in [5, 5.41) is 8.73. The molecule has 1 aromatic heterocycles. The maximum absolute atomic E-state index is 6.06. The fourth-order valence-corrected chi connectivity index (χ4v) is 5.71. The van der Waals surface area contributed by atoms with Crippen molar-refractivity contribution in [3.63, 3.8) is 0 Å². The molecule has 6 rings (SSSR count). The molecule has 1 unspecified atom stereocenters. The van der Waals surface area contributed by atoms with Crippen molar-refractivity contribution >= 4 is 0 Å². The maximum Gasteiger partial charge on any atom is 0.230 e. The molecule has 2 fully saturated rings. The summed E-state index contributed by atoms with van der Waals surface area (Å²) in [7, 11) is 0. The summed E-state index contributed by atoms with van der Waals surface area (Å²) in [5.41, 5.74) is 3.05. The van der Waals surface area contributed by atoms with E-state index in [-0.39, 0.29) is 11.5 Å². The topological polar surface area (TPSA) is 60.6 Å².